The molecule has 2 aromatic rings. The summed E-state index contributed by atoms with van der Waals surface area (Å²) in [7, 11) is 0. The number of phenolic OH excluding ortho intramolecular Hbond substituents is 2. The van der Waals surface area contributed by atoms with Gasteiger partial charge in [0.2, 0.25) is 0 Å². The van der Waals surface area contributed by atoms with E-state index in [1.807, 2.05) is 27.7 Å². The van der Waals surface area contributed by atoms with Crippen LogP contribution in [0.15, 0.2) is 12.1 Å². The zero-order valence-electron chi connectivity index (χ0n) is 13.7. The zero-order valence-corrected chi connectivity index (χ0v) is 13.7. The molecule has 0 radical (unpaired) electrons. The van der Waals surface area contributed by atoms with Gasteiger partial charge in [-0.2, -0.15) is 0 Å². The molecule has 1 aliphatic rings. The number of hydrogen-bond acceptors (Lipinski definition) is 3. The molecule has 0 saturated carbocycles. The maximum absolute atomic E-state index is 10.2. The van der Waals surface area contributed by atoms with Gasteiger partial charge in [-0.15, -0.1) is 0 Å². The van der Waals surface area contributed by atoms with Crippen LogP contribution in [0.5, 0.6) is 23.0 Å². The molecule has 2 N–H and O–H groups in total. The first-order chi connectivity index (χ1) is 10.4. The van der Waals surface area contributed by atoms with Crippen molar-refractivity contribution >= 4 is 0 Å². The molecule has 1 aliphatic heterocycles. The molecule has 0 spiro atoms. The third kappa shape index (κ3) is 1.88. The summed E-state index contributed by atoms with van der Waals surface area (Å²) in [4.78, 5) is 0. The second kappa shape index (κ2) is 4.94. The van der Waals surface area contributed by atoms with E-state index in [9.17, 15) is 10.2 Å². The van der Waals surface area contributed by atoms with Crippen LogP contribution in [0.3, 0.4) is 0 Å². The normalized spacial score (nSPS) is 13.5. The zero-order chi connectivity index (χ0) is 16.2. The summed E-state index contributed by atoms with van der Waals surface area (Å²) in [6, 6.07) is 3.61. The van der Waals surface area contributed by atoms with Crippen LogP contribution in [0.1, 0.15) is 52.6 Å². The van der Waals surface area contributed by atoms with Gasteiger partial charge in [-0.25, -0.2) is 0 Å². The van der Waals surface area contributed by atoms with E-state index in [1.54, 1.807) is 12.1 Å². The summed E-state index contributed by atoms with van der Waals surface area (Å²) in [5, 5.41) is 20.3. The van der Waals surface area contributed by atoms with E-state index >= 15 is 0 Å². The predicted molar refractivity (Wildman–Crippen MR) is 87.4 cm³/mol. The average Bonchev–Trinajstić information content (AvgIpc) is 2.49. The van der Waals surface area contributed by atoms with Gasteiger partial charge < -0.3 is 14.9 Å². The minimum Gasteiger partial charge on any atom is -0.508 e. The molecule has 2 aromatic carbocycles. The first kappa shape index (κ1) is 14.8. The number of aromatic hydroxyl groups is 2. The number of hydrogen-bond donors (Lipinski definition) is 2. The molecule has 3 rings (SSSR count). The second-order valence-corrected chi connectivity index (χ2v) is 6.19. The van der Waals surface area contributed by atoms with E-state index in [0.717, 1.165) is 51.3 Å². The van der Waals surface area contributed by atoms with Crippen LogP contribution in [-0.4, -0.2) is 10.2 Å². The number of fused-ring (bicyclic) bond motifs is 2. The highest BCUT2D eigenvalue weighted by atomic mass is 16.5. The number of ether oxygens (including phenoxy) is 1. The standard InChI is InChI=1S/C19H22O3/c1-6-13-14-7-16(20)9(2)11(4)18(14)22-19-12(5)10(3)17(21)8-15(13)19/h7-8,13,20-21H,6H2,1-5H3. The first-order valence-corrected chi connectivity index (χ1v) is 7.70. The molecule has 0 aromatic heterocycles. The highest BCUT2D eigenvalue weighted by molar-refractivity contribution is 5.64. The van der Waals surface area contributed by atoms with Gasteiger partial charge in [0.25, 0.3) is 0 Å². The van der Waals surface area contributed by atoms with Crippen LogP contribution >= 0.6 is 0 Å². The van der Waals surface area contributed by atoms with E-state index in [-0.39, 0.29) is 5.92 Å². The number of benzene rings is 2. The first-order valence-electron chi connectivity index (χ1n) is 7.70. The van der Waals surface area contributed by atoms with Crippen molar-refractivity contribution in [3.05, 3.63) is 45.5 Å². The van der Waals surface area contributed by atoms with Crippen molar-refractivity contribution in [2.24, 2.45) is 0 Å². The molecule has 0 fully saturated rings. The minimum absolute atomic E-state index is 0.120. The van der Waals surface area contributed by atoms with Gasteiger partial charge in [0, 0.05) is 17.0 Å². The van der Waals surface area contributed by atoms with Crippen LogP contribution < -0.4 is 4.74 Å². The fraction of sp³-hybridized carbons (Fsp3) is 0.368. The van der Waals surface area contributed by atoms with Gasteiger partial charge in [-0.05, 0) is 68.5 Å². The van der Waals surface area contributed by atoms with Crippen LogP contribution in [0.4, 0.5) is 0 Å². The quantitative estimate of drug-likeness (QED) is 0.780. The van der Waals surface area contributed by atoms with Crippen LogP contribution in [0.25, 0.3) is 0 Å². The lowest BCUT2D eigenvalue weighted by Crippen LogP contribution is -2.13. The fourth-order valence-electron chi connectivity index (χ4n) is 3.30. The maximum Gasteiger partial charge on any atom is 0.134 e. The number of phenols is 2. The van der Waals surface area contributed by atoms with Crippen molar-refractivity contribution in [1.82, 2.24) is 0 Å². The van der Waals surface area contributed by atoms with Crippen LogP contribution in [-0.2, 0) is 0 Å². The Morgan fingerprint density at radius 2 is 1.23 bits per heavy atom. The molecule has 116 valence electrons. The summed E-state index contributed by atoms with van der Waals surface area (Å²) in [6.45, 7) is 9.88. The van der Waals surface area contributed by atoms with Crippen molar-refractivity contribution in [2.75, 3.05) is 0 Å². The van der Waals surface area contributed by atoms with E-state index in [2.05, 4.69) is 6.92 Å². The van der Waals surface area contributed by atoms with E-state index < -0.39 is 0 Å². The van der Waals surface area contributed by atoms with Crippen LogP contribution in [0.2, 0.25) is 0 Å². The van der Waals surface area contributed by atoms with Crippen molar-refractivity contribution in [2.45, 2.75) is 47.0 Å². The van der Waals surface area contributed by atoms with E-state index in [0.29, 0.717) is 11.5 Å². The summed E-state index contributed by atoms with van der Waals surface area (Å²) >= 11 is 0. The van der Waals surface area contributed by atoms with Gasteiger partial charge in [-0.1, -0.05) is 6.92 Å². The second-order valence-electron chi connectivity index (χ2n) is 6.19. The van der Waals surface area contributed by atoms with Gasteiger partial charge in [0.1, 0.15) is 23.0 Å². The lowest BCUT2D eigenvalue weighted by molar-refractivity contribution is 0.419. The van der Waals surface area contributed by atoms with E-state index in [4.69, 9.17) is 4.74 Å². The molecular formula is C19H22O3. The number of rotatable bonds is 1. The summed E-state index contributed by atoms with van der Waals surface area (Å²) in [6.07, 6.45) is 0.882. The van der Waals surface area contributed by atoms with Crippen molar-refractivity contribution in [3.8, 4) is 23.0 Å². The van der Waals surface area contributed by atoms with E-state index in [1.165, 1.54) is 0 Å². The van der Waals surface area contributed by atoms with Gasteiger partial charge in [-0.3, -0.25) is 0 Å². The molecule has 3 nitrogen and oxygen atoms in total. The van der Waals surface area contributed by atoms with Crippen LogP contribution in [0, 0.1) is 27.7 Å². The monoisotopic (exact) mass is 298 g/mol. The molecule has 3 heteroatoms. The lowest BCUT2D eigenvalue weighted by atomic mass is 9.82. The molecule has 0 saturated heterocycles. The molecule has 0 aliphatic carbocycles. The Balaban J connectivity index is 2.32. The van der Waals surface area contributed by atoms with Crippen molar-refractivity contribution in [3.63, 3.8) is 0 Å². The predicted octanol–water partition coefficient (Wildman–Crippen LogP) is 4.98. The molecule has 0 atom stereocenters. The molecule has 0 bridgehead atoms. The molecular weight excluding hydrogens is 276 g/mol. The highest BCUT2D eigenvalue weighted by Gasteiger charge is 2.31. The SMILES string of the molecule is CCC1c2cc(O)c(C)c(C)c2Oc2c1cc(O)c(C)c2C. The molecule has 0 amide bonds. The summed E-state index contributed by atoms with van der Waals surface area (Å²) in [5.74, 6) is 2.42. The van der Waals surface area contributed by atoms with Crippen molar-refractivity contribution < 1.29 is 14.9 Å². The van der Waals surface area contributed by atoms with Gasteiger partial charge in [0.15, 0.2) is 0 Å². The minimum atomic E-state index is 0.120. The third-order valence-electron chi connectivity index (χ3n) is 5.05. The molecule has 0 unspecified atom stereocenters. The van der Waals surface area contributed by atoms with Gasteiger partial charge in [0.05, 0.1) is 0 Å². The molecule has 1 heterocycles. The third-order valence-corrected chi connectivity index (χ3v) is 5.05. The smallest absolute Gasteiger partial charge is 0.134 e. The molecule has 22 heavy (non-hydrogen) atoms. The fourth-order valence-corrected chi connectivity index (χ4v) is 3.30. The van der Waals surface area contributed by atoms with Crippen molar-refractivity contribution in [1.29, 1.82) is 0 Å². The Kier molecular flexibility index (Phi) is 3.32. The average molecular weight is 298 g/mol. The largest absolute Gasteiger partial charge is 0.508 e. The Hall–Kier alpha value is -2.16. The Morgan fingerprint density at radius 3 is 1.59 bits per heavy atom. The highest BCUT2D eigenvalue weighted by Crippen LogP contribution is 2.52. The Bertz CT molecular complexity index is 712. The Morgan fingerprint density at radius 1 is 0.818 bits per heavy atom. The topological polar surface area (TPSA) is 49.7 Å². The lowest BCUT2D eigenvalue weighted by Gasteiger charge is -2.31. The van der Waals surface area contributed by atoms with Gasteiger partial charge >= 0.3 is 0 Å². The Labute approximate surface area is 131 Å². The summed E-state index contributed by atoms with van der Waals surface area (Å²) in [5.41, 5.74) is 5.65. The maximum atomic E-state index is 10.2. The summed E-state index contributed by atoms with van der Waals surface area (Å²) < 4.78 is 6.22.